The average molecular weight is 253 g/mol. The molecule has 0 saturated carbocycles. The molecule has 1 heterocycles. The van der Waals surface area contributed by atoms with Crippen LogP contribution in [0.25, 0.3) is 10.9 Å². The van der Waals surface area contributed by atoms with Gasteiger partial charge in [0.1, 0.15) is 12.4 Å². The third-order valence-corrected chi connectivity index (χ3v) is 3.07. The number of hydrogen-bond acceptors (Lipinski definition) is 2. The second kappa shape index (κ2) is 5.16. The molecule has 0 aliphatic rings. The molecule has 0 atom stereocenters. The summed E-state index contributed by atoms with van der Waals surface area (Å²) in [6, 6.07) is 17.9. The fraction of sp³-hybridized carbons (Fsp3) is 0.125. The number of fused-ring (bicyclic) bond motifs is 1. The highest BCUT2D eigenvalue weighted by Crippen LogP contribution is 2.22. The number of hydrogen-bond donors (Lipinski definition) is 2. The Kier molecular flexibility index (Phi) is 3.21. The van der Waals surface area contributed by atoms with E-state index >= 15 is 0 Å². The molecule has 0 saturated heterocycles. The van der Waals surface area contributed by atoms with Gasteiger partial charge < -0.3 is 14.8 Å². The summed E-state index contributed by atoms with van der Waals surface area (Å²) < 4.78 is 5.77. The van der Waals surface area contributed by atoms with Gasteiger partial charge in [0.15, 0.2) is 0 Å². The summed E-state index contributed by atoms with van der Waals surface area (Å²) in [6.07, 6.45) is 0. The van der Waals surface area contributed by atoms with E-state index in [-0.39, 0.29) is 6.61 Å². The Bertz CT molecular complexity index is 674. The summed E-state index contributed by atoms with van der Waals surface area (Å²) in [6.45, 7) is 0.582. The van der Waals surface area contributed by atoms with Gasteiger partial charge in [0.05, 0.1) is 6.61 Å². The fourth-order valence-electron chi connectivity index (χ4n) is 2.09. The molecular weight excluding hydrogens is 238 g/mol. The predicted octanol–water partition coefficient (Wildman–Crippen LogP) is 3.24. The molecule has 2 N–H and O–H groups in total. The van der Waals surface area contributed by atoms with E-state index in [4.69, 9.17) is 9.84 Å². The maximum absolute atomic E-state index is 9.10. The number of ether oxygens (including phenoxy) is 1. The third kappa shape index (κ3) is 2.61. The third-order valence-electron chi connectivity index (χ3n) is 3.07. The van der Waals surface area contributed by atoms with Crippen LogP contribution in [0.1, 0.15) is 11.3 Å². The fourth-order valence-corrected chi connectivity index (χ4v) is 2.09. The van der Waals surface area contributed by atoms with Crippen LogP contribution in [0.15, 0.2) is 54.6 Å². The first kappa shape index (κ1) is 11.8. The summed E-state index contributed by atoms with van der Waals surface area (Å²) in [5.74, 6) is 0.833. The van der Waals surface area contributed by atoms with Crippen molar-refractivity contribution >= 4 is 10.9 Å². The molecule has 3 rings (SSSR count). The number of rotatable bonds is 4. The molecule has 2 aromatic carbocycles. The maximum atomic E-state index is 9.10. The van der Waals surface area contributed by atoms with Gasteiger partial charge in [0.2, 0.25) is 0 Å². The summed E-state index contributed by atoms with van der Waals surface area (Å²) in [5.41, 5.74) is 2.97. The smallest absolute Gasteiger partial charge is 0.120 e. The SMILES string of the molecule is OCc1cc2cc(OCc3ccccc3)ccc2[nH]1. The molecule has 19 heavy (non-hydrogen) atoms. The van der Waals surface area contributed by atoms with E-state index in [1.54, 1.807) is 0 Å². The molecule has 3 heteroatoms. The van der Waals surface area contributed by atoms with Crippen molar-refractivity contribution in [1.29, 1.82) is 0 Å². The van der Waals surface area contributed by atoms with Crippen molar-refractivity contribution in [3.8, 4) is 5.75 Å². The number of nitrogens with one attached hydrogen (secondary N) is 1. The van der Waals surface area contributed by atoms with Crippen LogP contribution in [-0.4, -0.2) is 10.1 Å². The second-order valence-corrected chi connectivity index (χ2v) is 4.48. The molecule has 0 aliphatic heterocycles. The lowest BCUT2D eigenvalue weighted by Crippen LogP contribution is -1.94. The van der Waals surface area contributed by atoms with E-state index in [0.29, 0.717) is 6.61 Å². The number of aromatic nitrogens is 1. The molecule has 0 radical (unpaired) electrons. The highest BCUT2D eigenvalue weighted by molar-refractivity contribution is 5.81. The molecule has 1 aromatic heterocycles. The van der Waals surface area contributed by atoms with E-state index in [2.05, 4.69) is 4.98 Å². The minimum Gasteiger partial charge on any atom is -0.489 e. The van der Waals surface area contributed by atoms with E-state index in [1.807, 2.05) is 54.6 Å². The number of aromatic amines is 1. The van der Waals surface area contributed by atoms with Gasteiger partial charge in [-0.05, 0) is 29.8 Å². The Labute approximate surface area is 111 Å². The van der Waals surface area contributed by atoms with Crippen LogP contribution in [-0.2, 0) is 13.2 Å². The number of aliphatic hydroxyl groups is 1. The van der Waals surface area contributed by atoms with Crippen LogP contribution in [0.4, 0.5) is 0 Å². The van der Waals surface area contributed by atoms with Gasteiger partial charge >= 0.3 is 0 Å². The van der Waals surface area contributed by atoms with Crippen molar-refractivity contribution in [2.45, 2.75) is 13.2 Å². The molecule has 0 unspecified atom stereocenters. The zero-order valence-electron chi connectivity index (χ0n) is 10.5. The lowest BCUT2D eigenvalue weighted by molar-refractivity contribution is 0.278. The van der Waals surface area contributed by atoms with Crippen LogP contribution < -0.4 is 4.74 Å². The minimum absolute atomic E-state index is 0.0227. The first-order valence-corrected chi connectivity index (χ1v) is 6.24. The second-order valence-electron chi connectivity index (χ2n) is 4.48. The van der Waals surface area contributed by atoms with Crippen molar-refractivity contribution in [3.05, 3.63) is 65.9 Å². The van der Waals surface area contributed by atoms with Gasteiger partial charge in [-0.2, -0.15) is 0 Å². The van der Waals surface area contributed by atoms with Crippen LogP contribution in [0, 0.1) is 0 Å². The van der Waals surface area contributed by atoms with E-state index in [0.717, 1.165) is 27.9 Å². The standard InChI is InChI=1S/C16H15NO2/c18-10-14-8-13-9-15(6-7-16(13)17-14)19-11-12-4-2-1-3-5-12/h1-9,17-18H,10-11H2. The van der Waals surface area contributed by atoms with Crippen molar-refractivity contribution in [3.63, 3.8) is 0 Å². The first-order chi connectivity index (χ1) is 9.35. The molecule has 3 aromatic rings. The molecule has 0 amide bonds. The molecule has 0 spiro atoms. The van der Waals surface area contributed by atoms with E-state index in [9.17, 15) is 0 Å². The van der Waals surface area contributed by atoms with Crippen molar-refractivity contribution in [1.82, 2.24) is 4.98 Å². The quantitative estimate of drug-likeness (QED) is 0.749. The lowest BCUT2D eigenvalue weighted by Gasteiger charge is -2.06. The Hall–Kier alpha value is -2.26. The highest BCUT2D eigenvalue weighted by Gasteiger charge is 2.02. The number of benzene rings is 2. The predicted molar refractivity (Wildman–Crippen MR) is 75.0 cm³/mol. The average Bonchev–Trinajstić information content (AvgIpc) is 2.88. The monoisotopic (exact) mass is 253 g/mol. The molecule has 96 valence electrons. The maximum Gasteiger partial charge on any atom is 0.120 e. The first-order valence-electron chi connectivity index (χ1n) is 6.24. The van der Waals surface area contributed by atoms with Gasteiger partial charge in [-0.15, -0.1) is 0 Å². The van der Waals surface area contributed by atoms with E-state index < -0.39 is 0 Å². The lowest BCUT2D eigenvalue weighted by atomic mass is 10.2. The molecule has 0 aliphatic carbocycles. The number of aliphatic hydroxyl groups excluding tert-OH is 1. The zero-order valence-corrected chi connectivity index (χ0v) is 10.5. The molecule has 0 fully saturated rings. The Morgan fingerprint density at radius 1 is 1.00 bits per heavy atom. The van der Waals surface area contributed by atoms with Gasteiger partial charge in [0, 0.05) is 16.6 Å². The topological polar surface area (TPSA) is 45.2 Å². The van der Waals surface area contributed by atoms with Crippen LogP contribution in [0.3, 0.4) is 0 Å². The summed E-state index contributed by atoms with van der Waals surface area (Å²) in [5, 5.41) is 10.1. The van der Waals surface area contributed by atoms with Gasteiger partial charge in [-0.1, -0.05) is 30.3 Å². The van der Waals surface area contributed by atoms with Gasteiger partial charge in [-0.25, -0.2) is 0 Å². The number of H-pyrrole nitrogens is 1. The molecular formula is C16H15NO2. The van der Waals surface area contributed by atoms with Crippen LogP contribution >= 0.6 is 0 Å². The Balaban J connectivity index is 1.78. The highest BCUT2D eigenvalue weighted by atomic mass is 16.5. The van der Waals surface area contributed by atoms with E-state index in [1.165, 1.54) is 0 Å². The van der Waals surface area contributed by atoms with Crippen LogP contribution in [0.5, 0.6) is 5.75 Å². The van der Waals surface area contributed by atoms with Crippen molar-refractivity contribution in [2.75, 3.05) is 0 Å². The van der Waals surface area contributed by atoms with Gasteiger partial charge in [-0.3, -0.25) is 0 Å². The van der Waals surface area contributed by atoms with Crippen LogP contribution in [0.2, 0.25) is 0 Å². The molecule has 3 nitrogen and oxygen atoms in total. The zero-order chi connectivity index (χ0) is 13.1. The summed E-state index contributed by atoms with van der Waals surface area (Å²) in [7, 11) is 0. The van der Waals surface area contributed by atoms with Crippen molar-refractivity contribution < 1.29 is 9.84 Å². The largest absolute Gasteiger partial charge is 0.489 e. The Morgan fingerprint density at radius 3 is 2.63 bits per heavy atom. The Morgan fingerprint density at radius 2 is 1.84 bits per heavy atom. The van der Waals surface area contributed by atoms with Gasteiger partial charge in [0.25, 0.3) is 0 Å². The normalized spacial score (nSPS) is 10.8. The molecule has 0 bridgehead atoms. The van der Waals surface area contributed by atoms with Crippen molar-refractivity contribution in [2.24, 2.45) is 0 Å². The minimum atomic E-state index is 0.0227. The summed E-state index contributed by atoms with van der Waals surface area (Å²) in [4.78, 5) is 3.14. The summed E-state index contributed by atoms with van der Waals surface area (Å²) >= 11 is 0.